The Morgan fingerprint density at radius 3 is 2.71 bits per heavy atom. The van der Waals surface area contributed by atoms with Crippen molar-refractivity contribution in [2.24, 2.45) is 0 Å². The molecule has 2 aromatic heterocycles. The summed E-state index contributed by atoms with van der Waals surface area (Å²) >= 11 is 1.32. The molecule has 114 valence electrons. The molecule has 0 aliphatic heterocycles. The van der Waals surface area contributed by atoms with Crippen LogP contribution in [0.4, 0.5) is 5.69 Å². The first-order valence-corrected chi connectivity index (χ1v) is 7.76. The molecule has 0 atom stereocenters. The fourth-order valence-electron chi connectivity index (χ4n) is 2.46. The SMILES string of the molecule is Cc1cc(C)c2c(N)c(C(=O)N(CCO)C(C)C)sc2n1. The normalized spacial score (nSPS) is 11.3. The smallest absolute Gasteiger partial charge is 0.266 e. The predicted molar refractivity (Wildman–Crippen MR) is 86.8 cm³/mol. The highest BCUT2D eigenvalue weighted by Crippen LogP contribution is 2.35. The largest absolute Gasteiger partial charge is 0.397 e. The minimum absolute atomic E-state index is 0.00468. The highest BCUT2D eigenvalue weighted by atomic mass is 32.1. The van der Waals surface area contributed by atoms with Crippen molar-refractivity contribution in [2.75, 3.05) is 18.9 Å². The fraction of sp³-hybridized carbons (Fsp3) is 0.467. The quantitative estimate of drug-likeness (QED) is 0.908. The summed E-state index contributed by atoms with van der Waals surface area (Å²) in [6, 6.07) is 1.97. The summed E-state index contributed by atoms with van der Waals surface area (Å²) < 4.78 is 0. The Balaban J connectivity index is 2.54. The lowest BCUT2D eigenvalue weighted by Crippen LogP contribution is -2.38. The van der Waals surface area contributed by atoms with E-state index in [1.54, 1.807) is 4.90 Å². The lowest BCUT2D eigenvalue weighted by atomic mass is 10.1. The Hall–Kier alpha value is -1.66. The van der Waals surface area contributed by atoms with Crippen molar-refractivity contribution in [1.29, 1.82) is 0 Å². The van der Waals surface area contributed by atoms with Crippen LogP contribution in [0.15, 0.2) is 6.07 Å². The van der Waals surface area contributed by atoms with Gasteiger partial charge in [-0.15, -0.1) is 11.3 Å². The third kappa shape index (κ3) is 2.87. The van der Waals surface area contributed by atoms with Gasteiger partial charge in [0.2, 0.25) is 0 Å². The number of nitrogens with two attached hydrogens (primary N) is 1. The summed E-state index contributed by atoms with van der Waals surface area (Å²) in [6.45, 7) is 7.98. The number of aryl methyl sites for hydroxylation is 2. The number of fused-ring (bicyclic) bond motifs is 1. The molecule has 1 amide bonds. The van der Waals surface area contributed by atoms with E-state index in [-0.39, 0.29) is 18.6 Å². The second kappa shape index (κ2) is 5.99. The van der Waals surface area contributed by atoms with Gasteiger partial charge in [0.05, 0.1) is 12.3 Å². The maximum atomic E-state index is 12.7. The van der Waals surface area contributed by atoms with E-state index in [9.17, 15) is 4.79 Å². The van der Waals surface area contributed by atoms with Gasteiger partial charge in [-0.25, -0.2) is 4.98 Å². The van der Waals surface area contributed by atoms with E-state index in [4.69, 9.17) is 10.8 Å². The Bertz CT molecular complexity index is 679. The molecule has 0 radical (unpaired) electrons. The van der Waals surface area contributed by atoms with Crippen LogP contribution in [0.1, 0.15) is 34.8 Å². The van der Waals surface area contributed by atoms with Crippen LogP contribution in [-0.2, 0) is 0 Å². The van der Waals surface area contributed by atoms with Gasteiger partial charge in [0.25, 0.3) is 5.91 Å². The molecule has 6 heteroatoms. The van der Waals surface area contributed by atoms with Gasteiger partial charge in [0.15, 0.2) is 0 Å². The maximum Gasteiger partial charge on any atom is 0.266 e. The van der Waals surface area contributed by atoms with E-state index in [2.05, 4.69) is 4.98 Å². The summed E-state index contributed by atoms with van der Waals surface area (Å²) in [5.41, 5.74) is 8.62. The minimum atomic E-state index is -0.142. The van der Waals surface area contributed by atoms with Gasteiger partial charge in [-0.2, -0.15) is 0 Å². The van der Waals surface area contributed by atoms with Crippen molar-refractivity contribution in [1.82, 2.24) is 9.88 Å². The van der Waals surface area contributed by atoms with Gasteiger partial charge in [0, 0.05) is 23.7 Å². The first-order valence-electron chi connectivity index (χ1n) is 6.94. The molecule has 2 heterocycles. The van der Waals surface area contributed by atoms with Gasteiger partial charge < -0.3 is 15.7 Å². The molecular formula is C15H21N3O2S. The van der Waals surface area contributed by atoms with Gasteiger partial charge >= 0.3 is 0 Å². The monoisotopic (exact) mass is 307 g/mol. The maximum absolute atomic E-state index is 12.7. The van der Waals surface area contributed by atoms with Crippen molar-refractivity contribution in [3.8, 4) is 0 Å². The van der Waals surface area contributed by atoms with Gasteiger partial charge in [-0.3, -0.25) is 4.79 Å². The Labute approximate surface area is 128 Å². The third-order valence-corrected chi connectivity index (χ3v) is 4.53. The molecule has 21 heavy (non-hydrogen) atoms. The molecule has 0 saturated heterocycles. The number of hydrogen-bond donors (Lipinski definition) is 2. The Morgan fingerprint density at radius 2 is 2.14 bits per heavy atom. The summed E-state index contributed by atoms with van der Waals surface area (Å²) in [5.74, 6) is -0.142. The highest BCUT2D eigenvalue weighted by molar-refractivity contribution is 7.21. The summed E-state index contributed by atoms with van der Waals surface area (Å²) in [7, 11) is 0. The first kappa shape index (κ1) is 15.7. The molecule has 0 aliphatic rings. The molecule has 2 aromatic rings. The average molecular weight is 307 g/mol. The number of aromatic nitrogens is 1. The van der Waals surface area contributed by atoms with E-state index in [0.29, 0.717) is 17.1 Å². The second-order valence-electron chi connectivity index (χ2n) is 5.42. The standard InChI is InChI=1S/C15H21N3O2S/c1-8(2)18(5-6-19)15(20)13-12(16)11-9(3)7-10(4)17-14(11)21-13/h7-8,19H,5-6,16H2,1-4H3. The zero-order valence-electron chi connectivity index (χ0n) is 12.8. The molecule has 0 bridgehead atoms. The number of nitrogen functional groups attached to an aromatic ring is 1. The molecule has 0 aromatic carbocycles. The van der Waals surface area contributed by atoms with Crippen LogP contribution in [0.5, 0.6) is 0 Å². The summed E-state index contributed by atoms with van der Waals surface area (Å²) in [5, 5.41) is 10.00. The Kier molecular flexibility index (Phi) is 4.49. The fourth-order valence-corrected chi connectivity index (χ4v) is 3.63. The Morgan fingerprint density at radius 1 is 1.48 bits per heavy atom. The van der Waals surface area contributed by atoms with Crippen molar-refractivity contribution in [2.45, 2.75) is 33.7 Å². The van der Waals surface area contributed by atoms with Gasteiger partial charge in [-0.05, 0) is 39.3 Å². The third-order valence-electron chi connectivity index (χ3n) is 3.44. The summed E-state index contributed by atoms with van der Waals surface area (Å²) in [6.07, 6.45) is 0. The molecule has 0 fully saturated rings. The molecule has 0 unspecified atom stereocenters. The summed E-state index contributed by atoms with van der Waals surface area (Å²) in [4.78, 5) is 20.1. The number of carbonyl (C=O) groups is 1. The van der Waals surface area contributed by atoms with Gasteiger partial charge in [-0.1, -0.05) is 0 Å². The molecule has 3 N–H and O–H groups in total. The van der Waals surface area contributed by atoms with E-state index in [1.165, 1.54) is 11.3 Å². The van der Waals surface area contributed by atoms with E-state index >= 15 is 0 Å². The van der Waals surface area contributed by atoms with Crippen LogP contribution >= 0.6 is 11.3 Å². The zero-order chi connectivity index (χ0) is 15.7. The van der Waals surface area contributed by atoms with Crippen LogP contribution in [0, 0.1) is 13.8 Å². The number of carbonyl (C=O) groups excluding carboxylic acids is 1. The van der Waals surface area contributed by atoms with Crippen LogP contribution in [0.2, 0.25) is 0 Å². The minimum Gasteiger partial charge on any atom is -0.397 e. The second-order valence-corrected chi connectivity index (χ2v) is 6.42. The number of hydrogen-bond acceptors (Lipinski definition) is 5. The number of pyridine rings is 1. The molecule has 5 nitrogen and oxygen atoms in total. The molecule has 0 saturated carbocycles. The van der Waals surface area contributed by atoms with Crippen LogP contribution < -0.4 is 5.73 Å². The van der Waals surface area contributed by atoms with E-state index < -0.39 is 0 Å². The average Bonchev–Trinajstić information content (AvgIpc) is 2.72. The molecule has 0 spiro atoms. The topological polar surface area (TPSA) is 79.5 Å². The number of thiophene rings is 1. The van der Waals surface area contributed by atoms with Crippen LogP contribution in [-0.4, -0.2) is 40.1 Å². The number of anilines is 1. The lowest BCUT2D eigenvalue weighted by Gasteiger charge is -2.25. The molecule has 2 rings (SSSR count). The predicted octanol–water partition coefficient (Wildman–Crippen LogP) is 2.34. The number of aliphatic hydroxyl groups excluding tert-OH is 1. The van der Waals surface area contributed by atoms with Crippen molar-refractivity contribution >= 4 is 33.1 Å². The zero-order valence-corrected chi connectivity index (χ0v) is 13.6. The molecular weight excluding hydrogens is 286 g/mol. The van der Waals surface area contributed by atoms with Crippen LogP contribution in [0.3, 0.4) is 0 Å². The van der Waals surface area contributed by atoms with Gasteiger partial charge in [0.1, 0.15) is 9.71 Å². The number of nitrogens with zero attached hydrogens (tertiary/aromatic N) is 2. The molecule has 0 aliphatic carbocycles. The van der Waals surface area contributed by atoms with Crippen molar-refractivity contribution in [3.05, 3.63) is 22.2 Å². The lowest BCUT2D eigenvalue weighted by molar-refractivity contribution is 0.0671. The first-order chi connectivity index (χ1) is 9.86. The highest BCUT2D eigenvalue weighted by Gasteiger charge is 2.24. The van der Waals surface area contributed by atoms with Crippen molar-refractivity contribution < 1.29 is 9.90 Å². The number of rotatable bonds is 4. The number of amides is 1. The van der Waals surface area contributed by atoms with Crippen molar-refractivity contribution in [3.63, 3.8) is 0 Å². The van der Waals surface area contributed by atoms with E-state index in [1.807, 2.05) is 33.8 Å². The van der Waals surface area contributed by atoms with Crippen LogP contribution in [0.25, 0.3) is 10.2 Å². The van der Waals surface area contributed by atoms with E-state index in [0.717, 1.165) is 21.5 Å². The number of aliphatic hydroxyl groups is 1.